The predicted octanol–water partition coefficient (Wildman–Crippen LogP) is 8.31. The van der Waals surface area contributed by atoms with Gasteiger partial charge in [0.15, 0.2) is 0 Å². The van der Waals surface area contributed by atoms with Gasteiger partial charge >= 0.3 is 24.6 Å². The van der Waals surface area contributed by atoms with Gasteiger partial charge in [0.05, 0.1) is 29.3 Å². The molecule has 2 aliphatic heterocycles. The monoisotopic (exact) mass is 582 g/mol. The van der Waals surface area contributed by atoms with Crippen molar-refractivity contribution in [3.8, 4) is 0 Å². The van der Waals surface area contributed by atoms with Crippen LogP contribution in [0.1, 0.15) is 61.1 Å². The van der Waals surface area contributed by atoms with Gasteiger partial charge in [-0.15, -0.1) is 0 Å². The molecule has 2 fully saturated rings. The van der Waals surface area contributed by atoms with Gasteiger partial charge in [-0.3, -0.25) is 4.90 Å². The van der Waals surface area contributed by atoms with Crippen LogP contribution in [0.5, 0.6) is 0 Å². The number of hydrogen-bond donors (Lipinski definition) is 0. The number of cyclic esters (lactones) is 1. The number of benzene rings is 2. The van der Waals surface area contributed by atoms with Gasteiger partial charge in [-0.05, 0) is 72.7 Å². The Morgan fingerprint density at radius 1 is 0.775 bits per heavy atom. The van der Waals surface area contributed by atoms with Gasteiger partial charge < -0.3 is 9.64 Å². The summed E-state index contributed by atoms with van der Waals surface area (Å²) in [5.41, 5.74) is -3.99. The lowest BCUT2D eigenvalue weighted by atomic mass is 9.91. The number of rotatable bonds is 4. The summed E-state index contributed by atoms with van der Waals surface area (Å²) >= 11 is 0. The second kappa shape index (κ2) is 10.4. The number of carbonyl (C=O) groups excluding carboxylic acids is 1. The third-order valence-electron chi connectivity index (χ3n) is 7.29. The van der Waals surface area contributed by atoms with Gasteiger partial charge in [0, 0.05) is 18.8 Å². The zero-order valence-electron chi connectivity index (χ0n) is 21.7. The van der Waals surface area contributed by atoms with Crippen molar-refractivity contribution in [1.29, 1.82) is 0 Å². The van der Waals surface area contributed by atoms with E-state index >= 15 is 0 Å². The van der Waals surface area contributed by atoms with Crippen molar-refractivity contribution in [2.45, 2.75) is 64.4 Å². The molecule has 0 spiro atoms. The number of ether oxygens (including phenoxy) is 1. The topological polar surface area (TPSA) is 32.8 Å². The average molecular weight is 583 g/mol. The van der Waals surface area contributed by atoms with Crippen molar-refractivity contribution >= 4 is 11.8 Å². The number of nitrogens with zero attached hydrogens (tertiary/aromatic N) is 2. The number of hydrogen-bond acceptors (Lipinski definition) is 3. The molecule has 13 heteroatoms. The fourth-order valence-electron chi connectivity index (χ4n) is 5.54. The molecule has 0 bridgehead atoms. The first kappa shape index (κ1) is 29.9. The highest BCUT2D eigenvalue weighted by atomic mass is 19.4. The van der Waals surface area contributed by atoms with Crippen LogP contribution in [-0.2, 0) is 29.8 Å². The smallest absolute Gasteiger partial charge is 0.416 e. The second-order valence-corrected chi connectivity index (χ2v) is 10.7. The van der Waals surface area contributed by atoms with Crippen LogP contribution < -0.4 is 4.90 Å². The summed E-state index contributed by atoms with van der Waals surface area (Å²) < 4.78 is 126. The second-order valence-electron chi connectivity index (χ2n) is 10.7. The lowest BCUT2D eigenvalue weighted by Gasteiger charge is -2.38. The van der Waals surface area contributed by atoms with E-state index in [0.717, 1.165) is 23.5 Å². The van der Waals surface area contributed by atoms with Crippen LogP contribution in [0.2, 0.25) is 0 Å². The van der Waals surface area contributed by atoms with E-state index in [1.807, 2.05) is 18.7 Å². The van der Waals surface area contributed by atoms with Gasteiger partial charge in [-0.1, -0.05) is 13.8 Å². The Labute approximate surface area is 224 Å². The molecule has 0 aromatic heterocycles. The fraction of sp³-hybridized carbons (Fsp3) is 0.519. The standard InChI is InChI=1S/C27H27F9N2O2/c1-14-6-15(2)12-37(11-14)22-5-4-19(25(28,29)30)9-18(22)13-38-16(3)23(40-24(38)39)17-7-20(26(31,32)33)10-21(8-17)27(34,35)36/h4-5,7-10,14-16,23H,6,11-13H2,1-3H3/t14?,15?,16-,23-/m0/s1. The molecule has 2 aromatic rings. The highest BCUT2D eigenvalue weighted by Crippen LogP contribution is 2.42. The number of piperidine rings is 1. The molecule has 0 aliphatic carbocycles. The number of carbonyl (C=O) groups is 1. The number of amides is 1. The normalized spacial score (nSPS) is 24.4. The summed E-state index contributed by atoms with van der Waals surface area (Å²) in [6.07, 6.45) is -16.5. The molecule has 2 aliphatic rings. The Bertz CT molecular complexity index is 1210. The maximum absolute atomic E-state index is 13.6. The molecule has 2 heterocycles. The van der Waals surface area contributed by atoms with E-state index in [2.05, 4.69) is 0 Å². The van der Waals surface area contributed by atoms with Crippen LogP contribution in [0.25, 0.3) is 0 Å². The summed E-state index contributed by atoms with van der Waals surface area (Å²) in [6.45, 7) is 6.13. The van der Waals surface area contributed by atoms with Crippen molar-refractivity contribution in [3.05, 3.63) is 64.2 Å². The summed E-state index contributed by atoms with van der Waals surface area (Å²) in [5.74, 6) is 0.505. The molecule has 2 aromatic carbocycles. The highest BCUT2D eigenvalue weighted by Gasteiger charge is 2.44. The minimum Gasteiger partial charge on any atom is -0.439 e. The lowest BCUT2D eigenvalue weighted by molar-refractivity contribution is -0.143. The predicted molar refractivity (Wildman–Crippen MR) is 127 cm³/mol. The van der Waals surface area contributed by atoms with E-state index in [9.17, 15) is 44.3 Å². The van der Waals surface area contributed by atoms with E-state index in [4.69, 9.17) is 4.74 Å². The van der Waals surface area contributed by atoms with Gasteiger partial charge in [0.2, 0.25) is 0 Å². The first-order chi connectivity index (χ1) is 18.3. The van der Waals surface area contributed by atoms with E-state index < -0.39 is 59.0 Å². The number of alkyl halides is 9. The van der Waals surface area contributed by atoms with Crippen molar-refractivity contribution in [2.75, 3.05) is 18.0 Å². The Kier molecular flexibility index (Phi) is 7.74. The lowest BCUT2D eigenvalue weighted by Crippen LogP contribution is -2.40. The molecule has 220 valence electrons. The maximum atomic E-state index is 13.6. The van der Waals surface area contributed by atoms with Crippen LogP contribution >= 0.6 is 0 Å². The highest BCUT2D eigenvalue weighted by molar-refractivity contribution is 5.72. The van der Waals surface area contributed by atoms with E-state index in [1.54, 1.807) is 0 Å². The van der Waals surface area contributed by atoms with Gasteiger partial charge in [0.25, 0.3) is 0 Å². The molecule has 4 rings (SSSR count). The first-order valence-electron chi connectivity index (χ1n) is 12.6. The molecule has 0 radical (unpaired) electrons. The molecule has 1 amide bonds. The van der Waals surface area contributed by atoms with Crippen LogP contribution in [0.15, 0.2) is 36.4 Å². The van der Waals surface area contributed by atoms with Crippen molar-refractivity contribution < 1.29 is 49.0 Å². The zero-order chi connectivity index (χ0) is 29.8. The van der Waals surface area contributed by atoms with Gasteiger partial charge in [-0.25, -0.2) is 4.79 Å². The minimum absolute atomic E-state index is 0.0295. The maximum Gasteiger partial charge on any atom is 0.416 e. The molecular weight excluding hydrogens is 555 g/mol. The Balaban J connectivity index is 1.71. The molecular formula is C27H27F9N2O2. The molecule has 2 saturated heterocycles. The third-order valence-corrected chi connectivity index (χ3v) is 7.29. The summed E-state index contributed by atoms with van der Waals surface area (Å²) in [5, 5.41) is 0. The molecule has 4 nitrogen and oxygen atoms in total. The number of halogens is 9. The van der Waals surface area contributed by atoms with E-state index in [0.29, 0.717) is 30.9 Å². The van der Waals surface area contributed by atoms with Crippen LogP contribution in [0.3, 0.4) is 0 Å². The van der Waals surface area contributed by atoms with Crippen molar-refractivity contribution in [1.82, 2.24) is 4.90 Å². The summed E-state index contributed by atoms with van der Waals surface area (Å²) in [6, 6.07) is 3.04. The first-order valence-corrected chi connectivity index (χ1v) is 12.6. The molecule has 0 N–H and O–H groups in total. The van der Waals surface area contributed by atoms with Crippen molar-refractivity contribution in [3.63, 3.8) is 0 Å². The van der Waals surface area contributed by atoms with Crippen molar-refractivity contribution in [2.24, 2.45) is 11.8 Å². The Hall–Kier alpha value is -3.12. The van der Waals surface area contributed by atoms with Crippen LogP contribution in [-0.4, -0.2) is 30.1 Å². The minimum atomic E-state index is -5.10. The molecule has 4 atom stereocenters. The zero-order valence-corrected chi connectivity index (χ0v) is 21.7. The largest absolute Gasteiger partial charge is 0.439 e. The van der Waals surface area contributed by atoms with Gasteiger partial charge in [0.1, 0.15) is 6.10 Å². The third kappa shape index (κ3) is 6.27. The fourth-order valence-corrected chi connectivity index (χ4v) is 5.54. The summed E-state index contributed by atoms with van der Waals surface area (Å²) in [4.78, 5) is 15.8. The average Bonchev–Trinajstić information content (AvgIpc) is 3.10. The molecule has 40 heavy (non-hydrogen) atoms. The van der Waals surface area contributed by atoms with Crippen LogP contribution in [0.4, 0.5) is 50.0 Å². The van der Waals surface area contributed by atoms with E-state index in [1.165, 1.54) is 13.0 Å². The van der Waals surface area contributed by atoms with Crippen LogP contribution in [0, 0.1) is 11.8 Å². The molecule has 0 saturated carbocycles. The Morgan fingerprint density at radius 2 is 1.30 bits per heavy atom. The van der Waals surface area contributed by atoms with Gasteiger partial charge in [-0.2, -0.15) is 39.5 Å². The number of anilines is 1. The summed E-state index contributed by atoms with van der Waals surface area (Å²) in [7, 11) is 0. The Morgan fingerprint density at radius 3 is 1.80 bits per heavy atom. The molecule has 2 unspecified atom stereocenters. The van der Waals surface area contributed by atoms with E-state index in [-0.39, 0.29) is 30.0 Å². The SMILES string of the molecule is CC1CC(C)CN(c2ccc(C(F)(F)F)cc2CN2C(=O)O[C@H](c3cc(C(F)(F)F)cc(C(F)(F)F)c3)[C@@H]2C)C1. The quantitative estimate of drug-likeness (QED) is 0.340.